The van der Waals surface area contributed by atoms with E-state index >= 15 is 0 Å². The van der Waals surface area contributed by atoms with Crippen LogP contribution in [-0.4, -0.2) is 70.7 Å². The Morgan fingerprint density at radius 2 is 0.775 bits per heavy atom. The fourth-order valence-corrected chi connectivity index (χ4v) is 7.47. The molecule has 2 atom stereocenters. The van der Waals surface area contributed by atoms with E-state index < -0.39 is 19.9 Å². The molecule has 0 aliphatic heterocycles. The second kappa shape index (κ2) is 52.7. The van der Waals surface area contributed by atoms with Crippen molar-refractivity contribution >= 4 is 13.8 Å². The molecule has 0 spiro atoms. The topological polar surface area (TPSA) is 94.1 Å². The predicted octanol–water partition coefficient (Wildman–Crippen LogP) is 17.0. The molecule has 0 aromatic rings. The van der Waals surface area contributed by atoms with E-state index in [1.807, 2.05) is 21.1 Å². The summed E-state index contributed by atoms with van der Waals surface area (Å²) in [6.45, 7) is 5.06. The highest BCUT2D eigenvalue weighted by Gasteiger charge is 2.20. The molecule has 0 rings (SSSR count). The van der Waals surface area contributed by atoms with Gasteiger partial charge in [0.15, 0.2) is 0 Å². The average Bonchev–Trinajstić information content (AvgIpc) is 3.33. The number of carbonyl (C=O) groups is 1. The monoisotopic (exact) mass is 1000 g/mol. The first-order valence-corrected chi connectivity index (χ1v) is 29.0. The van der Waals surface area contributed by atoms with Gasteiger partial charge in [0.2, 0.25) is 0 Å². The maximum absolute atomic E-state index is 12.8. The van der Waals surface area contributed by atoms with E-state index in [2.05, 4.69) is 160 Å². The predicted molar refractivity (Wildman–Crippen MR) is 304 cm³/mol. The SMILES string of the molecule is CC/C=C\C/C=C\C/C=C\C/C=C\C/C=C\C/C=C\C/C=C\CCCC(=O)OC(COCCCCCCCCCCCC/C=C\C/C=C\C/C=C\C/C=C\C/C=C\CC)COP(=O)([O-])OCC[N+](C)(C)C. The number of hydrogen-bond acceptors (Lipinski definition) is 7. The number of carbonyl (C=O) groups excluding carboxylic acids is 1. The molecule has 402 valence electrons. The van der Waals surface area contributed by atoms with Crippen LogP contribution in [0.4, 0.5) is 0 Å². The zero-order chi connectivity index (χ0) is 51.9. The minimum atomic E-state index is -4.56. The average molecular weight is 1000 g/mol. The molecule has 0 aromatic heterocycles. The Kier molecular flexibility index (Phi) is 50.0. The van der Waals surface area contributed by atoms with E-state index in [1.54, 1.807) is 0 Å². The number of phosphoric acid groups is 1. The maximum Gasteiger partial charge on any atom is 0.306 e. The highest BCUT2D eigenvalue weighted by Crippen LogP contribution is 2.38. The summed E-state index contributed by atoms with van der Waals surface area (Å²) in [6, 6.07) is 0. The van der Waals surface area contributed by atoms with Crippen LogP contribution < -0.4 is 4.89 Å². The molecule has 8 nitrogen and oxygen atoms in total. The second-order valence-corrected chi connectivity index (χ2v) is 20.2. The van der Waals surface area contributed by atoms with Gasteiger partial charge < -0.3 is 27.9 Å². The normalized spacial score (nSPS) is 14.6. The van der Waals surface area contributed by atoms with Crippen LogP contribution in [0.25, 0.3) is 0 Å². The van der Waals surface area contributed by atoms with E-state index in [4.69, 9.17) is 18.5 Å². The molecule has 71 heavy (non-hydrogen) atoms. The van der Waals surface area contributed by atoms with Crippen molar-refractivity contribution in [1.82, 2.24) is 0 Å². The van der Waals surface area contributed by atoms with Gasteiger partial charge in [0.05, 0.1) is 34.4 Å². The molecular formula is C62H102NO7P. The Labute approximate surface area is 436 Å². The van der Waals surface area contributed by atoms with Crippen LogP contribution in [0.5, 0.6) is 0 Å². The van der Waals surface area contributed by atoms with Crippen molar-refractivity contribution in [3.05, 3.63) is 146 Å². The Balaban J connectivity index is 4.25. The number of quaternary nitrogens is 1. The molecule has 0 aromatic carbocycles. The number of unbranched alkanes of at least 4 members (excludes halogenated alkanes) is 11. The molecule has 9 heteroatoms. The van der Waals surface area contributed by atoms with Crippen LogP contribution in [0.3, 0.4) is 0 Å². The molecular weight excluding hydrogens is 902 g/mol. The summed E-state index contributed by atoms with van der Waals surface area (Å²) in [6.07, 6.45) is 78.9. The molecule has 2 unspecified atom stereocenters. The van der Waals surface area contributed by atoms with E-state index in [9.17, 15) is 14.3 Å². The van der Waals surface area contributed by atoms with Gasteiger partial charge in [0.25, 0.3) is 7.82 Å². The third-order valence-electron chi connectivity index (χ3n) is 10.9. The minimum absolute atomic E-state index is 0.00523. The standard InChI is InChI=1S/C62H102NO7P/c1-6-8-10-12-14-16-18-20-22-24-26-28-30-31-32-34-36-38-40-42-44-46-48-50-52-54-57-67-59-61(60-69-71(65,66)68-58-56-63(3,4)5)70-62(64)55-53-51-49-47-45-43-41-39-37-35-33-29-27-25-23-21-19-17-15-13-11-9-7-2/h8-11,14-17,20-23,26-29,31-32,35,37,41,43,47,49,61H,6-7,12-13,18-19,24-25,30,33-34,36,38-40,42,44-46,48,50-60H2,1-5H3/b10-8-,11-9-,16-14-,17-15-,22-20-,23-21-,28-26-,29-27-,32-31-,37-35-,43-41-,49-47-. The lowest BCUT2D eigenvalue weighted by atomic mass is 10.1. The van der Waals surface area contributed by atoms with Gasteiger partial charge in [0.1, 0.15) is 19.3 Å². The molecule has 0 aliphatic rings. The van der Waals surface area contributed by atoms with E-state index in [1.165, 1.54) is 51.4 Å². The molecule has 0 N–H and O–H groups in total. The summed E-state index contributed by atoms with van der Waals surface area (Å²) in [5.74, 6) is -0.399. The van der Waals surface area contributed by atoms with Gasteiger partial charge in [-0.1, -0.05) is 211 Å². The molecule has 0 bridgehead atoms. The fraction of sp³-hybridized carbons (Fsp3) is 0.597. The smallest absolute Gasteiger partial charge is 0.306 e. The van der Waals surface area contributed by atoms with Crippen LogP contribution in [0.15, 0.2) is 146 Å². The van der Waals surface area contributed by atoms with Crippen LogP contribution >= 0.6 is 7.82 Å². The number of likely N-dealkylation sites (N-methyl/N-ethyl adjacent to an activating group) is 1. The van der Waals surface area contributed by atoms with Crippen molar-refractivity contribution in [2.75, 3.05) is 54.1 Å². The van der Waals surface area contributed by atoms with Crippen molar-refractivity contribution in [3.8, 4) is 0 Å². The van der Waals surface area contributed by atoms with E-state index in [0.29, 0.717) is 24.1 Å². The number of allylic oxidation sites excluding steroid dienone is 24. The number of hydrogen-bond donors (Lipinski definition) is 0. The molecule has 0 saturated heterocycles. The number of esters is 1. The van der Waals surface area contributed by atoms with E-state index in [0.717, 1.165) is 103 Å². The molecule has 0 fully saturated rings. The van der Waals surface area contributed by atoms with Gasteiger partial charge in [-0.25, -0.2) is 0 Å². The van der Waals surface area contributed by atoms with Crippen LogP contribution in [0.2, 0.25) is 0 Å². The summed E-state index contributed by atoms with van der Waals surface area (Å²) in [4.78, 5) is 25.2. The largest absolute Gasteiger partial charge is 0.756 e. The lowest BCUT2D eigenvalue weighted by molar-refractivity contribution is -0.870. The first kappa shape index (κ1) is 67.4. The first-order valence-electron chi connectivity index (χ1n) is 27.6. The van der Waals surface area contributed by atoms with Crippen molar-refractivity contribution in [3.63, 3.8) is 0 Å². The van der Waals surface area contributed by atoms with Crippen molar-refractivity contribution in [2.45, 2.75) is 187 Å². The second-order valence-electron chi connectivity index (χ2n) is 18.8. The zero-order valence-electron chi connectivity index (χ0n) is 45.6. The third kappa shape index (κ3) is 57.2. The van der Waals surface area contributed by atoms with Gasteiger partial charge >= 0.3 is 5.97 Å². The van der Waals surface area contributed by atoms with Crippen LogP contribution in [-0.2, 0) is 27.9 Å². The molecule has 0 heterocycles. The molecule has 0 aliphatic carbocycles. The first-order chi connectivity index (χ1) is 34.6. The number of rotatable bonds is 49. The van der Waals surface area contributed by atoms with Gasteiger partial charge in [-0.2, -0.15) is 0 Å². The third-order valence-corrected chi connectivity index (χ3v) is 11.9. The number of ether oxygens (including phenoxy) is 2. The molecule has 0 radical (unpaired) electrons. The number of nitrogens with zero attached hydrogens (tertiary/aromatic N) is 1. The molecule has 0 amide bonds. The van der Waals surface area contributed by atoms with Crippen LogP contribution in [0, 0.1) is 0 Å². The highest BCUT2D eigenvalue weighted by molar-refractivity contribution is 7.45. The Morgan fingerprint density at radius 1 is 0.437 bits per heavy atom. The van der Waals surface area contributed by atoms with Crippen molar-refractivity contribution in [2.24, 2.45) is 0 Å². The van der Waals surface area contributed by atoms with Crippen molar-refractivity contribution in [1.29, 1.82) is 0 Å². The Bertz CT molecular complexity index is 1640. The lowest BCUT2D eigenvalue weighted by Gasteiger charge is -2.28. The van der Waals surface area contributed by atoms with Gasteiger partial charge in [-0.05, 0) is 109 Å². The van der Waals surface area contributed by atoms with Gasteiger partial charge in [0, 0.05) is 13.0 Å². The summed E-state index contributed by atoms with van der Waals surface area (Å²) in [5, 5.41) is 0. The summed E-state index contributed by atoms with van der Waals surface area (Å²) < 4.78 is 34.7. The molecule has 0 saturated carbocycles. The fourth-order valence-electron chi connectivity index (χ4n) is 6.74. The van der Waals surface area contributed by atoms with Crippen LogP contribution in [0.1, 0.15) is 181 Å². The lowest BCUT2D eigenvalue weighted by Crippen LogP contribution is -2.37. The van der Waals surface area contributed by atoms with Gasteiger partial charge in [-0.15, -0.1) is 0 Å². The highest BCUT2D eigenvalue weighted by atomic mass is 31.2. The quantitative estimate of drug-likeness (QED) is 0.0197. The summed E-state index contributed by atoms with van der Waals surface area (Å²) in [5.41, 5.74) is 0. The number of phosphoric ester groups is 1. The summed E-state index contributed by atoms with van der Waals surface area (Å²) in [7, 11) is 1.29. The Hall–Kier alpha value is -3.62. The minimum Gasteiger partial charge on any atom is -0.756 e. The maximum atomic E-state index is 12.8. The van der Waals surface area contributed by atoms with Gasteiger partial charge in [-0.3, -0.25) is 9.36 Å². The Morgan fingerprint density at radius 3 is 1.15 bits per heavy atom. The summed E-state index contributed by atoms with van der Waals surface area (Å²) >= 11 is 0. The zero-order valence-corrected chi connectivity index (χ0v) is 46.5. The van der Waals surface area contributed by atoms with E-state index in [-0.39, 0.29) is 26.2 Å². The van der Waals surface area contributed by atoms with Crippen molar-refractivity contribution < 1.29 is 37.3 Å².